The molecule has 0 saturated heterocycles. The lowest BCUT2D eigenvalue weighted by molar-refractivity contribution is 0.291. The summed E-state index contributed by atoms with van der Waals surface area (Å²) < 4.78 is 0. The normalized spacial score (nSPS) is 19.8. The second-order valence-corrected chi connectivity index (χ2v) is 25.2. The van der Waals surface area contributed by atoms with Gasteiger partial charge in [0.25, 0.3) is 0 Å². The third-order valence-electron chi connectivity index (χ3n) is 14.6. The van der Waals surface area contributed by atoms with E-state index in [0.717, 1.165) is 71.9 Å². The summed E-state index contributed by atoms with van der Waals surface area (Å²) in [4.78, 5) is 5.03. The van der Waals surface area contributed by atoms with Gasteiger partial charge in [0.1, 0.15) is 0 Å². The number of nitrogens with zero attached hydrogens (tertiary/aromatic N) is 2. The summed E-state index contributed by atoms with van der Waals surface area (Å²) in [5.41, 5.74) is 17.9. The number of anilines is 4. The Balaban J connectivity index is 1.55. The molecule has 0 aliphatic heterocycles. The molecule has 0 radical (unpaired) electrons. The average molecular weight is 902 g/mol. The van der Waals surface area contributed by atoms with Gasteiger partial charge in [-0.25, -0.2) is 0 Å². The Labute approximate surface area is 406 Å². The van der Waals surface area contributed by atoms with Gasteiger partial charge in [0.2, 0.25) is 0 Å². The molecule has 4 aliphatic rings. The van der Waals surface area contributed by atoms with Gasteiger partial charge in [-0.15, -0.1) is 0 Å². The van der Waals surface area contributed by atoms with Crippen LogP contribution >= 0.6 is 11.6 Å². The average Bonchev–Trinajstić information content (AvgIpc) is 3.25. The maximum atomic E-state index is 8.26. The molecule has 350 valence electrons. The van der Waals surface area contributed by atoms with E-state index >= 15 is 0 Å². The van der Waals surface area contributed by atoms with Gasteiger partial charge in [-0.1, -0.05) is 206 Å². The van der Waals surface area contributed by atoms with Gasteiger partial charge in [-0.3, -0.25) is 0 Å². The minimum Gasteiger partial charge on any atom is -0.313 e. The van der Waals surface area contributed by atoms with Gasteiger partial charge in [-0.2, -0.15) is 0 Å². The third-order valence-corrected chi connectivity index (χ3v) is 15.0. The van der Waals surface area contributed by atoms with Crippen molar-refractivity contribution >= 4 is 34.4 Å². The maximum Gasteiger partial charge on any atom is 0.0889 e. The highest BCUT2D eigenvalue weighted by Gasteiger charge is 2.36. The number of halogens is 1. The van der Waals surface area contributed by atoms with Gasteiger partial charge in [-0.05, 0) is 143 Å². The van der Waals surface area contributed by atoms with E-state index < -0.39 is 0 Å². The van der Waals surface area contributed by atoms with Crippen LogP contribution in [0.4, 0.5) is 22.7 Å². The van der Waals surface area contributed by atoms with Crippen molar-refractivity contribution in [2.45, 2.75) is 160 Å². The second kappa shape index (κ2) is 18.5. The number of rotatable bonds is 8. The Morgan fingerprint density at radius 1 is 0.576 bits per heavy atom. The van der Waals surface area contributed by atoms with Crippen LogP contribution in [-0.2, 0) is 10.8 Å². The van der Waals surface area contributed by atoms with Crippen molar-refractivity contribution in [2.75, 3.05) is 9.80 Å². The predicted molar refractivity (Wildman–Crippen MR) is 290 cm³/mol. The third kappa shape index (κ3) is 10.6. The van der Waals surface area contributed by atoms with Gasteiger partial charge in [0, 0.05) is 34.3 Å². The summed E-state index contributed by atoms with van der Waals surface area (Å²) in [5.74, 6) is 0.544. The Morgan fingerprint density at radius 2 is 1.15 bits per heavy atom. The van der Waals surface area contributed by atoms with Gasteiger partial charge in [0.15, 0.2) is 0 Å². The molecular weight excluding hydrogens is 820 g/mol. The van der Waals surface area contributed by atoms with E-state index in [2.05, 4.69) is 236 Å². The first-order valence-electron chi connectivity index (χ1n) is 24.9. The minimum absolute atomic E-state index is 0.0101. The molecule has 0 aromatic heterocycles. The molecular formula is C63H81ClN2. The first-order chi connectivity index (χ1) is 30.7. The molecule has 0 bridgehead atoms. The number of hydrogen-bond acceptors (Lipinski definition) is 2. The topological polar surface area (TPSA) is 6.48 Å². The van der Waals surface area contributed by atoms with E-state index in [-0.39, 0.29) is 33.0 Å². The van der Waals surface area contributed by atoms with Crippen molar-refractivity contribution in [3.05, 3.63) is 176 Å². The zero-order valence-corrected chi connectivity index (χ0v) is 44.4. The largest absolute Gasteiger partial charge is 0.313 e. The molecule has 66 heavy (non-hydrogen) atoms. The SMILES string of the molecule is Cc1ccc(N(C2=CC=C(C(C)(C)C)CC2)c2ccc(C(C)(C)C)cc2)c(Cl)c1N(C1=C(C2=CCCC(C(C)(C)C)=C2)C=CCC1C1=CC(C(C)(C)C)CC=C1)c1ccc(C(C)(C)C)cc1. The molecule has 7 rings (SSSR count). The summed E-state index contributed by atoms with van der Waals surface area (Å²) in [6.45, 7) is 37.3. The van der Waals surface area contributed by atoms with Crippen LogP contribution in [0, 0.1) is 35.0 Å². The molecule has 4 aliphatic carbocycles. The van der Waals surface area contributed by atoms with Crippen molar-refractivity contribution in [1.82, 2.24) is 0 Å². The lowest BCUT2D eigenvalue weighted by Gasteiger charge is -2.41. The van der Waals surface area contributed by atoms with Crippen LogP contribution in [-0.4, -0.2) is 0 Å². The van der Waals surface area contributed by atoms with E-state index in [1.54, 1.807) is 0 Å². The van der Waals surface area contributed by atoms with E-state index in [0.29, 0.717) is 5.92 Å². The van der Waals surface area contributed by atoms with Crippen LogP contribution < -0.4 is 9.80 Å². The molecule has 0 N–H and O–H groups in total. The number of aryl methyl sites for hydroxylation is 1. The summed E-state index contributed by atoms with van der Waals surface area (Å²) in [6.07, 6.45) is 28.1. The fraction of sp³-hybridized carbons (Fsp3) is 0.460. The van der Waals surface area contributed by atoms with Crippen molar-refractivity contribution in [2.24, 2.45) is 28.1 Å². The Kier molecular flexibility index (Phi) is 13.9. The molecule has 2 atom stereocenters. The molecule has 2 unspecified atom stereocenters. The molecule has 0 heterocycles. The van der Waals surface area contributed by atoms with Gasteiger partial charge < -0.3 is 9.80 Å². The van der Waals surface area contributed by atoms with Crippen LogP contribution in [0.15, 0.2) is 155 Å². The van der Waals surface area contributed by atoms with E-state index in [4.69, 9.17) is 11.6 Å². The number of hydrogen-bond donors (Lipinski definition) is 0. The first kappa shape index (κ1) is 49.4. The van der Waals surface area contributed by atoms with Crippen molar-refractivity contribution in [3.8, 4) is 0 Å². The highest BCUT2D eigenvalue weighted by Crippen LogP contribution is 2.52. The quantitative estimate of drug-likeness (QED) is 0.222. The Morgan fingerprint density at radius 3 is 1.68 bits per heavy atom. The molecule has 0 amide bonds. The lowest BCUT2D eigenvalue weighted by Crippen LogP contribution is -2.30. The van der Waals surface area contributed by atoms with Crippen molar-refractivity contribution in [3.63, 3.8) is 0 Å². The molecule has 3 aromatic rings. The summed E-state index contributed by atoms with van der Waals surface area (Å²) in [7, 11) is 0. The minimum atomic E-state index is 0.0101. The van der Waals surface area contributed by atoms with E-state index in [1.165, 1.54) is 50.4 Å². The standard InChI is InChI=1S/C63H81ClN2/c1-42-26-39-55(65(50-33-27-45(28-34-50)59(2,3)4)51-35-29-46(30-36-51)60(5,6)7)56(64)57(42)66(52-37-31-47(32-38-52)61(8,9)10)58-53(43-20-17-22-48(40-43)62(11,12)13)24-19-25-54(58)44-21-18-23-49(41-44)63(14,15)16/h17,19-21,25-29,31-35,37-41,48,53H,18,22-24,30,36H2,1-16H3. The maximum absolute atomic E-state index is 8.26. The molecule has 3 heteroatoms. The lowest BCUT2D eigenvalue weighted by atomic mass is 9.72. The molecule has 0 spiro atoms. The summed E-state index contributed by atoms with van der Waals surface area (Å²) in [6, 6.07) is 23.2. The second-order valence-electron chi connectivity index (χ2n) is 24.8. The van der Waals surface area contributed by atoms with Crippen molar-refractivity contribution in [1.29, 1.82) is 0 Å². The molecule has 3 aromatic carbocycles. The Hall–Kier alpha value is -4.53. The monoisotopic (exact) mass is 901 g/mol. The fourth-order valence-electron chi connectivity index (χ4n) is 10.1. The van der Waals surface area contributed by atoms with Crippen molar-refractivity contribution < 1.29 is 0 Å². The molecule has 2 nitrogen and oxygen atoms in total. The van der Waals surface area contributed by atoms with E-state index in [1.807, 2.05) is 0 Å². The predicted octanol–water partition coefficient (Wildman–Crippen LogP) is 19.2. The van der Waals surface area contributed by atoms with Gasteiger partial charge in [0.05, 0.1) is 16.4 Å². The summed E-state index contributed by atoms with van der Waals surface area (Å²) in [5, 5.41) is 0.755. The highest BCUT2D eigenvalue weighted by atomic mass is 35.5. The first-order valence-corrected chi connectivity index (χ1v) is 25.3. The van der Waals surface area contributed by atoms with Crippen LogP contribution in [0.3, 0.4) is 0 Å². The van der Waals surface area contributed by atoms with E-state index in [9.17, 15) is 0 Å². The molecule has 0 saturated carbocycles. The van der Waals surface area contributed by atoms with Crippen LogP contribution in [0.1, 0.15) is 159 Å². The number of allylic oxidation sites excluding steroid dienone is 15. The highest BCUT2D eigenvalue weighted by molar-refractivity contribution is 6.36. The zero-order chi connectivity index (χ0) is 48.1. The summed E-state index contributed by atoms with van der Waals surface area (Å²) >= 11 is 8.26. The van der Waals surface area contributed by atoms with Crippen LogP contribution in [0.2, 0.25) is 5.02 Å². The van der Waals surface area contributed by atoms with Gasteiger partial charge >= 0.3 is 0 Å². The zero-order valence-electron chi connectivity index (χ0n) is 43.6. The fourth-order valence-corrected chi connectivity index (χ4v) is 10.5. The van der Waals surface area contributed by atoms with Crippen LogP contribution in [0.25, 0.3) is 0 Å². The van der Waals surface area contributed by atoms with Crippen LogP contribution in [0.5, 0.6) is 0 Å². The smallest absolute Gasteiger partial charge is 0.0889 e. The Bertz CT molecular complexity index is 2540. The number of benzene rings is 3. The molecule has 0 fully saturated rings.